The second-order valence-corrected chi connectivity index (χ2v) is 7.88. The molecule has 2 saturated carbocycles. The lowest BCUT2D eigenvalue weighted by molar-refractivity contribution is 0.0654. The van der Waals surface area contributed by atoms with E-state index in [1.54, 1.807) is 0 Å². The Kier molecular flexibility index (Phi) is 5.58. The van der Waals surface area contributed by atoms with Crippen LogP contribution in [0, 0.1) is 23.7 Å². The monoisotopic (exact) mass is 293 g/mol. The highest BCUT2D eigenvalue weighted by molar-refractivity contribution is 4.96. The highest BCUT2D eigenvalue weighted by atomic mass is 15.4. The molecule has 1 aliphatic heterocycles. The summed E-state index contributed by atoms with van der Waals surface area (Å²) in [5, 5.41) is 0. The van der Waals surface area contributed by atoms with Gasteiger partial charge in [-0.1, -0.05) is 39.0 Å². The highest BCUT2D eigenvalue weighted by Crippen LogP contribution is 2.46. The van der Waals surface area contributed by atoms with E-state index in [0.717, 1.165) is 36.3 Å². The van der Waals surface area contributed by atoms with Crippen LogP contribution in [0.25, 0.3) is 0 Å². The van der Waals surface area contributed by atoms with E-state index in [4.69, 9.17) is 0 Å². The third-order valence-corrected chi connectivity index (χ3v) is 6.38. The van der Waals surface area contributed by atoms with Crippen molar-refractivity contribution in [3.63, 3.8) is 0 Å². The van der Waals surface area contributed by atoms with Crippen molar-refractivity contribution < 1.29 is 0 Å². The first-order valence-electron chi connectivity index (χ1n) is 9.46. The molecular formula is C18H35N3. The Morgan fingerprint density at radius 3 is 2.62 bits per heavy atom. The molecule has 0 aromatic carbocycles. The molecule has 1 saturated heterocycles. The van der Waals surface area contributed by atoms with Crippen LogP contribution in [0.2, 0.25) is 0 Å². The van der Waals surface area contributed by atoms with Crippen LogP contribution in [-0.4, -0.2) is 37.6 Å². The van der Waals surface area contributed by atoms with Gasteiger partial charge < -0.3 is 4.90 Å². The quantitative estimate of drug-likeness (QED) is 0.816. The Bertz CT molecular complexity index is 318. The zero-order valence-electron chi connectivity index (χ0n) is 14.1. The van der Waals surface area contributed by atoms with Gasteiger partial charge in [-0.25, -0.2) is 0 Å². The Morgan fingerprint density at radius 2 is 1.76 bits per heavy atom. The number of fused-ring (bicyclic) bond motifs is 1. The number of hydrogen-bond acceptors (Lipinski definition) is 3. The Balaban J connectivity index is 1.63. The van der Waals surface area contributed by atoms with Gasteiger partial charge in [0.1, 0.15) is 0 Å². The summed E-state index contributed by atoms with van der Waals surface area (Å²) in [6.45, 7) is 5.94. The minimum atomic E-state index is 0.718. The molecule has 0 aromatic heterocycles. The smallest absolute Gasteiger partial charge is 0.0297 e. The third-order valence-electron chi connectivity index (χ3n) is 6.38. The van der Waals surface area contributed by atoms with Gasteiger partial charge in [-0.15, -0.1) is 0 Å². The fraction of sp³-hybridized carbons (Fsp3) is 1.00. The van der Waals surface area contributed by atoms with E-state index in [0.29, 0.717) is 0 Å². The van der Waals surface area contributed by atoms with Crippen molar-refractivity contribution in [3.05, 3.63) is 0 Å². The molecular weight excluding hydrogens is 258 g/mol. The molecule has 3 heteroatoms. The lowest BCUT2D eigenvalue weighted by Gasteiger charge is -2.45. The largest absolute Gasteiger partial charge is 0.306 e. The van der Waals surface area contributed by atoms with E-state index in [1.165, 1.54) is 64.5 Å². The van der Waals surface area contributed by atoms with E-state index >= 15 is 0 Å². The summed E-state index contributed by atoms with van der Waals surface area (Å²) in [6.07, 6.45) is 11.7. The van der Waals surface area contributed by atoms with Crippen molar-refractivity contribution in [1.29, 1.82) is 0 Å². The minimum Gasteiger partial charge on any atom is -0.306 e. The van der Waals surface area contributed by atoms with Crippen LogP contribution >= 0.6 is 0 Å². The van der Waals surface area contributed by atoms with Crippen molar-refractivity contribution in [1.82, 2.24) is 15.8 Å². The maximum absolute atomic E-state index is 3.68. The Hall–Kier alpha value is -0.120. The van der Waals surface area contributed by atoms with E-state index in [1.807, 2.05) is 0 Å². The predicted molar refractivity (Wildman–Crippen MR) is 89.0 cm³/mol. The number of nitrogens with zero attached hydrogens (tertiary/aromatic N) is 1. The first-order chi connectivity index (χ1) is 10.3. The maximum atomic E-state index is 3.68. The van der Waals surface area contributed by atoms with E-state index in [9.17, 15) is 0 Å². The second kappa shape index (κ2) is 7.43. The van der Waals surface area contributed by atoms with Crippen molar-refractivity contribution in [2.45, 2.75) is 64.3 Å². The summed E-state index contributed by atoms with van der Waals surface area (Å²) < 4.78 is 0. The second-order valence-electron chi connectivity index (χ2n) is 7.88. The molecule has 21 heavy (non-hydrogen) atoms. The van der Waals surface area contributed by atoms with Crippen molar-refractivity contribution in [2.24, 2.45) is 23.7 Å². The van der Waals surface area contributed by atoms with E-state index < -0.39 is 0 Å². The molecule has 2 N–H and O–H groups in total. The number of rotatable bonds is 5. The SMILES string of the molecule is CCCN(C)CC1CNNC1C1CCCC2CCCCC21. The average Bonchev–Trinajstić information content (AvgIpc) is 2.95. The van der Waals surface area contributed by atoms with Gasteiger partial charge >= 0.3 is 0 Å². The normalized spacial score (nSPS) is 40.4. The van der Waals surface area contributed by atoms with Crippen LogP contribution < -0.4 is 10.9 Å². The first kappa shape index (κ1) is 15.8. The molecule has 5 atom stereocenters. The molecule has 3 nitrogen and oxygen atoms in total. The van der Waals surface area contributed by atoms with Crippen molar-refractivity contribution in [3.8, 4) is 0 Å². The van der Waals surface area contributed by atoms with Crippen LogP contribution in [-0.2, 0) is 0 Å². The van der Waals surface area contributed by atoms with Gasteiger partial charge in [0.15, 0.2) is 0 Å². The molecule has 0 amide bonds. The van der Waals surface area contributed by atoms with Crippen LogP contribution in [0.4, 0.5) is 0 Å². The summed E-state index contributed by atoms with van der Waals surface area (Å²) in [4.78, 5) is 2.54. The summed E-state index contributed by atoms with van der Waals surface area (Å²) in [5.74, 6) is 3.80. The number of hydrogen-bond donors (Lipinski definition) is 2. The predicted octanol–water partition coefficient (Wildman–Crippen LogP) is 3.03. The van der Waals surface area contributed by atoms with Crippen molar-refractivity contribution in [2.75, 3.05) is 26.7 Å². The number of nitrogens with one attached hydrogen (secondary N) is 2. The average molecular weight is 293 g/mol. The van der Waals surface area contributed by atoms with Crippen LogP contribution in [0.5, 0.6) is 0 Å². The molecule has 0 radical (unpaired) electrons. The molecule has 5 unspecified atom stereocenters. The molecule has 3 fully saturated rings. The summed E-state index contributed by atoms with van der Waals surface area (Å²) >= 11 is 0. The van der Waals surface area contributed by atoms with Gasteiger partial charge in [0.2, 0.25) is 0 Å². The molecule has 0 bridgehead atoms. The molecule has 3 rings (SSSR count). The number of hydrazine groups is 1. The van der Waals surface area contributed by atoms with Gasteiger partial charge in [-0.2, -0.15) is 0 Å². The molecule has 2 aliphatic carbocycles. The third kappa shape index (κ3) is 3.62. The molecule has 122 valence electrons. The van der Waals surface area contributed by atoms with Crippen LogP contribution in [0.1, 0.15) is 58.3 Å². The van der Waals surface area contributed by atoms with E-state index in [-0.39, 0.29) is 0 Å². The standard InChI is InChI=1S/C18H35N3/c1-3-11-21(2)13-15-12-19-20-18(15)17-10-6-8-14-7-4-5-9-16(14)17/h14-20H,3-13H2,1-2H3. The molecule has 0 spiro atoms. The fourth-order valence-electron chi connectivity index (χ4n) is 5.49. The first-order valence-corrected chi connectivity index (χ1v) is 9.46. The zero-order valence-corrected chi connectivity index (χ0v) is 14.1. The maximum Gasteiger partial charge on any atom is 0.0297 e. The van der Waals surface area contributed by atoms with Gasteiger partial charge in [0.25, 0.3) is 0 Å². The van der Waals surface area contributed by atoms with Gasteiger partial charge in [-0.05, 0) is 50.6 Å². The van der Waals surface area contributed by atoms with Crippen LogP contribution in [0.15, 0.2) is 0 Å². The van der Waals surface area contributed by atoms with Crippen molar-refractivity contribution >= 4 is 0 Å². The zero-order chi connectivity index (χ0) is 14.7. The lowest BCUT2D eigenvalue weighted by Crippen LogP contribution is -2.47. The van der Waals surface area contributed by atoms with Gasteiger partial charge in [-0.3, -0.25) is 10.9 Å². The highest BCUT2D eigenvalue weighted by Gasteiger charge is 2.42. The van der Waals surface area contributed by atoms with Gasteiger partial charge in [0.05, 0.1) is 0 Å². The summed E-state index contributed by atoms with van der Waals surface area (Å²) in [5.41, 5.74) is 7.17. The minimum absolute atomic E-state index is 0.718. The van der Waals surface area contributed by atoms with E-state index in [2.05, 4.69) is 29.7 Å². The summed E-state index contributed by atoms with van der Waals surface area (Å²) in [7, 11) is 2.29. The summed E-state index contributed by atoms with van der Waals surface area (Å²) in [6, 6.07) is 0.718. The Labute approximate surface area is 131 Å². The fourth-order valence-corrected chi connectivity index (χ4v) is 5.49. The van der Waals surface area contributed by atoms with Crippen LogP contribution in [0.3, 0.4) is 0 Å². The molecule has 3 aliphatic rings. The molecule has 0 aromatic rings. The van der Waals surface area contributed by atoms with Gasteiger partial charge in [0, 0.05) is 25.0 Å². The molecule has 1 heterocycles. The Morgan fingerprint density at radius 1 is 1.00 bits per heavy atom. The topological polar surface area (TPSA) is 27.3 Å². The lowest BCUT2D eigenvalue weighted by atomic mass is 9.62.